The Balaban J connectivity index is 3.65. The smallest absolute Gasteiger partial charge is 0.310 e. The summed E-state index contributed by atoms with van der Waals surface area (Å²) < 4.78 is 33.6. The second-order valence-electron chi connectivity index (χ2n) is 7.89. The van der Waals surface area contributed by atoms with Crippen molar-refractivity contribution in [1.29, 1.82) is 0 Å². The minimum absolute atomic E-state index is 0.0697. The number of halogens is 1. The van der Waals surface area contributed by atoms with Gasteiger partial charge in [-0.1, -0.05) is 48.9 Å². The van der Waals surface area contributed by atoms with Crippen molar-refractivity contribution in [2.75, 3.05) is 26.0 Å². The van der Waals surface area contributed by atoms with Gasteiger partial charge in [0.1, 0.15) is 0 Å². The average Bonchev–Trinajstić information content (AvgIpc) is 2.68. The summed E-state index contributed by atoms with van der Waals surface area (Å²) in [5, 5.41) is 3.54. The average molecular weight is 563 g/mol. The van der Waals surface area contributed by atoms with Gasteiger partial charge in [-0.2, -0.15) is 4.31 Å². The van der Waals surface area contributed by atoms with Crippen LogP contribution in [0.25, 0.3) is 10.4 Å². The van der Waals surface area contributed by atoms with Gasteiger partial charge < -0.3 is 4.74 Å². The third-order valence-corrected chi connectivity index (χ3v) is 9.36. The molecule has 0 aromatic heterocycles. The molecule has 0 bridgehead atoms. The summed E-state index contributed by atoms with van der Waals surface area (Å²) in [6, 6.07) is 6.72. The van der Waals surface area contributed by atoms with Crippen LogP contribution in [-0.2, 0) is 19.6 Å². The van der Waals surface area contributed by atoms with Crippen LogP contribution < -0.4 is 0 Å². The lowest BCUT2D eigenvalue weighted by atomic mass is 9.92. The standard InChI is InChI=1S/C19H27IN4O4SSi/c1-6-11-24(29(26,27)12-13-30(3,4)5)18(15-9-7-8-10-17(15)20)16(14-22-23-21)19(25)28-2/h1,7-10,16,18H,11-14H2,2-5H3/t16-,18+/m1/s1. The predicted molar refractivity (Wildman–Crippen MR) is 129 cm³/mol. The van der Waals surface area contributed by atoms with Crippen LogP contribution in [0.4, 0.5) is 0 Å². The van der Waals surface area contributed by atoms with E-state index in [1.165, 1.54) is 11.4 Å². The van der Waals surface area contributed by atoms with Crippen LogP contribution in [0.1, 0.15) is 11.6 Å². The molecule has 0 spiro atoms. The predicted octanol–water partition coefficient (Wildman–Crippen LogP) is 4.04. The van der Waals surface area contributed by atoms with E-state index in [-0.39, 0.29) is 18.8 Å². The number of azide groups is 1. The van der Waals surface area contributed by atoms with Crippen LogP contribution in [0.5, 0.6) is 0 Å². The van der Waals surface area contributed by atoms with Gasteiger partial charge in [0.2, 0.25) is 10.0 Å². The van der Waals surface area contributed by atoms with Gasteiger partial charge in [-0.3, -0.25) is 4.79 Å². The van der Waals surface area contributed by atoms with Crippen molar-refractivity contribution in [3.8, 4) is 12.3 Å². The molecule has 8 nitrogen and oxygen atoms in total. The summed E-state index contributed by atoms with van der Waals surface area (Å²) in [5.41, 5.74) is 9.40. The fraction of sp³-hybridized carbons (Fsp3) is 0.526. The van der Waals surface area contributed by atoms with E-state index in [1.54, 1.807) is 12.1 Å². The van der Waals surface area contributed by atoms with Crippen LogP contribution in [0, 0.1) is 21.8 Å². The molecule has 0 amide bonds. The highest BCUT2D eigenvalue weighted by Crippen LogP contribution is 2.35. The number of carbonyl (C=O) groups is 1. The zero-order valence-corrected chi connectivity index (χ0v) is 21.6. The molecule has 2 atom stereocenters. The molecule has 0 aliphatic carbocycles. The van der Waals surface area contributed by atoms with Crippen molar-refractivity contribution in [2.24, 2.45) is 11.0 Å². The zero-order valence-electron chi connectivity index (χ0n) is 17.6. The molecule has 1 aromatic carbocycles. The molecule has 30 heavy (non-hydrogen) atoms. The maximum atomic E-state index is 13.4. The Morgan fingerprint density at radius 1 is 1.40 bits per heavy atom. The van der Waals surface area contributed by atoms with Crippen LogP contribution in [0.2, 0.25) is 25.7 Å². The Bertz CT molecular complexity index is 937. The molecule has 0 fully saturated rings. The van der Waals surface area contributed by atoms with E-state index < -0.39 is 36.0 Å². The third kappa shape index (κ3) is 7.59. The van der Waals surface area contributed by atoms with Gasteiger partial charge in [0.25, 0.3) is 0 Å². The monoisotopic (exact) mass is 562 g/mol. The first kappa shape index (κ1) is 26.5. The van der Waals surface area contributed by atoms with Crippen LogP contribution in [0.3, 0.4) is 0 Å². The maximum absolute atomic E-state index is 13.4. The van der Waals surface area contributed by atoms with E-state index in [4.69, 9.17) is 16.7 Å². The Morgan fingerprint density at radius 2 is 2.03 bits per heavy atom. The van der Waals surface area contributed by atoms with Crippen molar-refractivity contribution in [3.05, 3.63) is 43.8 Å². The first-order chi connectivity index (χ1) is 14.0. The van der Waals surface area contributed by atoms with E-state index in [0.29, 0.717) is 11.6 Å². The van der Waals surface area contributed by atoms with Gasteiger partial charge in [0.15, 0.2) is 0 Å². The fourth-order valence-electron chi connectivity index (χ4n) is 2.88. The number of hydrogen-bond acceptors (Lipinski definition) is 5. The molecular formula is C19H27IN4O4SSi. The maximum Gasteiger partial charge on any atom is 0.310 e. The van der Waals surface area contributed by atoms with E-state index in [1.807, 2.05) is 12.1 Å². The van der Waals surface area contributed by atoms with Crippen LogP contribution >= 0.6 is 22.6 Å². The van der Waals surface area contributed by atoms with Gasteiger partial charge >= 0.3 is 5.97 Å². The Hall–Kier alpha value is -1.58. The minimum atomic E-state index is -3.81. The molecule has 0 saturated heterocycles. The van der Waals surface area contributed by atoms with Gasteiger partial charge in [0, 0.05) is 23.1 Å². The summed E-state index contributed by atoms with van der Waals surface area (Å²) in [6.07, 6.45) is 5.52. The van der Waals surface area contributed by atoms with Crippen molar-refractivity contribution >= 4 is 46.7 Å². The second kappa shape index (κ2) is 11.7. The van der Waals surface area contributed by atoms with Crippen molar-refractivity contribution in [2.45, 2.75) is 31.7 Å². The topological polar surface area (TPSA) is 112 Å². The number of hydrogen-bond donors (Lipinski definition) is 0. The summed E-state index contributed by atoms with van der Waals surface area (Å²) in [7, 11) is -4.26. The normalized spacial score (nSPS) is 13.8. The second-order valence-corrected chi connectivity index (χ2v) is 16.7. The summed E-state index contributed by atoms with van der Waals surface area (Å²) in [5.74, 6) is 0.623. The number of terminal acetylenes is 1. The number of nitrogens with zero attached hydrogens (tertiary/aromatic N) is 4. The zero-order chi connectivity index (χ0) is 22.9. The molecule has 164 valence electrons. The molecule has 11 heteroatoms. The summed E-state index contributed by atoms with van der Waals surface area (Å²) >= 11 is 2.08. The van der Waals surface area contributed by atoms with Crippen molar-refractivity contribution in [1.82, 2.24) is 4.31 Å². The SMILES string of the molecule is C#CCN([C@@H](c1ccccc1I)[C@@H](CN=[N+]=[N-])C(=O)OC)S(=O)(=O)CC[Si](C)(C)C. The first-order valence-corrected chi connectivity index (χ1v) is 15.6. The number of esters is 1. The molecular weight excluding hydrogens is 535 g/mol. The van der Waals surface area contributed by atoms with Crippen LogP contribution in [0.15, 0.2) is 29.4 Å². The van der Waals surface area contributed by atoms with E-state index >= 15 is 0 Å². The number of methoxy groups -OCH3 is 1. The highest BCUT2D eigenvalue weighted by Gasteiger charge is 2.41. The molecule has 0 heterocycles. The minimum Gasteiger partial charge on any atom is -0.469 e. The third-order valence-electron chi connectivity index (χ3n) is 4.48. The lowest BCUT2D eigenvalue weighted by Gasteiger charge is -2.35. The van der Waals surface area contributed by atoms with Gasteiger partial charge in [-0.25, -0.2) is 8.42 Å². The van der Waals surface area contributed by atoms with E-state index in [2.05, 4.69) is 58.2 Å². The number of sulfonamides is 1. The molecule has 1 aromatic rings. The Labute approximate surface area is 193 Å². The summed E-state index contributed by atoms with van der Waals surface area (Å²) in [4.78, 5) is 15.4. The van der Waals surface area contributed by atoms with Crippen molar-refractivity contribution in [3.63, 3.8) is 0 Å². The molecule has 0 radical (unpaired) electrons. The highest BCUT2D eigenvalue weighted by atomic mass is 127. The number of ether oxygens (including phenoxy) is 1. The lowest BCUT2D eigenvalue weighted by Crippen LogP contribution is -2.44. The van der Waals surface area contributed by atoms with Gasteiger partial charge in [0.05, 0.1) is 31.4 Å². The van der Waals surface area contributed by atoms with E-state index in [0.717, 1.165) is 3.57 Å². The van der Waals surface area contributed by atoms with Crippen LogP contribution in [-0.4, -0.2) is 52.7 Å². The number of rotatable bonds is 11. The lowest BCUT2D eigenvalue weighted by molar-refractivity contribution is -0.147. The van der Waals surface area contributed by atoms with Gasteiger partial charge in [-0.15, -0.1) is 6.42 Å². The molecule has 0 N–H and O–H groups in total. The number of carbonyl (C=O) groups excluding carboxylic acids is 1. The van der Waals surface area contributed by atoms with Crippen molar-refractivity contribution < 1.29 is 17.9 Å². The molecule has 0 aliphatic rings. The molecule has 1 rings (SSSR count). The molecule has 0 aliphatic heterocycles. The molecule has 0 unspecified atom stereocenters. The first-order valence-electron chi connectivity index (χ1n) is 9.24. The Kier molecular flexibility index (Phi) is 10.3. The highest BCUT2D eigenvalue weighted by molar-refractivity contribution is 14.1. The fourth-order valence-corrected chi connectivity index (χ4v) is 8.18. The largest absolute Gasteiger partial charge is 0.469 e. The molecule has 0 saturated carbocycles. The van der Waals surface area contributed by atoms with Gasteiger partial charge in [-0.05, 0) is 45.8 Å². The number of benzene rings is 1. The van der Waals surface area contributed by atoms with E-state index in [9.17, 15) is 13.2 Å². The Morgan fingerprint density at radius 3 is 2.53 bits per heavy atom. The quantitative estimate of drug-likeness (QED) is 0.0771. The summed E-state index contributed by atoms with van der Waals surface area (Å²) in [6.45, 7) is 5.79.